The Bertz CT molecular complexity index is 875. The van der Waals surface area contributed by atoms with Gasteiger partial charge in [0.2, 0.25) is 5.91 Å². The molecule has 0 aromatic heterocycles. The molecule has 1 aromatic carbocycles. The number of aryl methyl sites for hydroxylation is 1. The number of aliphatic hydroxyl groups is 1. The van der Waals surface area contributed by atoms with Crippen LogP contribution in [0.25, 0.3) is 0 Å². The van der Waals surface area contributed by atoms with Crippen molar-refractivity contribution in [3.8, 4) is 6.07 Å². The minimum absolute atomic E-state index is 0.0235. The molecule has 1 aliphatic carbocycles. The van der Waals surface area contributed by atoms with E-state index in [1.807, 2.05) is 34.9 Å². The number of rotatable bonds is 6. The Balaban J connectivity index is 1.33. The molecule has 7 nitrogen and oxygen atoms in total. The number of nitrogens with zero attached hydrogens (tertiary/aromatic N) is 3. The highest BCUT2D eigenvalue weighted by atomic mass is 16.3. The zero-order chi connectivity index (χ0) is 22.7. The van der Waals surface area contributed by atoms with E-state index in [2.05, 4.69) is 11.4 Å². The molecule has 7 heteroatoms. The summed E-state index contributed by atoms with van der Waals surface area (Å²) in [4.78, 5) is 16.6. The first-order chi connectivity index (χ1) is 15.4. The third-order valence-electron chi connectivity index (χ3n) is 7.47. The minimum Gasteiger partial charge on any atom is -0.393 e. The number of anilines is 1. The second-order valence-electron chi connectivity index (χ2n) is 9.75. The summed E-state index contributed by atoms with van der Waals surface area (Å²) in [7, 11) is 0. The number of aliphatic hydroxyl groups excluding tert-OH is 1. The molecular weight excluding hydrogens is 402 g/mol. The number of amides is 1. The van der Waals surface area contributed by atoms with Crippen molar-refractivity contribution >= 4 is 17.4 Å². The minimum atomic E-state index is -0.273. The fraction of sp³-hybridized carbons (Fsp3) is 0.640. The van der Waals surface area contributed by atoms with Crippen molar-refractivity contribution in [3.05, 3.63) is 29.3 Å². The molecule has 1 aromatic rings. The Morgan fingerprint density at radius 2 is 1.91 bits per heavy atom. The summed E-state index contributed by atoms with van der Waals surface area (Å²) in [6.07, 6.45) is 6.57. The molecule has 0 radical (unpaired) electrons. The zero-order valence-electron chi connectivity index (χ0n) is 19.0. The predicted octanol–water partition coefficient (Wildman–Crippen LogP) is 3.12. The fourth-order valence-electron chi connectivity index (χ4n) is 5.33. The fourth-order valence-corrected chi connectivity index (χ4v) is 5.33. The SMILES string of the molecule is Cc1cc(NC(CC(=N)N2CC(C(=O)N3CCC(O)CC3)C2)C2CCCC2)ccc1C#N. The number of benzene rings is 1. The molecule has 1 saturated carbocycles. The van der Waals surface area contributed by atoms with E-state index in [1.165, 1.54) is 25.7 Å². The van der Waals surface area contributed by atoms with Crippen LogP contribution in [-0.4, -0.2) is 65.0 Å². The van der Waals surface area contributed by atoms with Gasteiger partial charge in [-0.3, -0.25) is 10.2 Å². The highest BCUT2D eigenvalue weighted by molar-refractivity contribution is 5.86. The summed E-state index contributed by atoms with van der Waals surface area (Å²) < 4.78 is 0. The van der Waals surface area contributed by atoms with Gasteiger partial charge in [-0.1, -0.05) is 12.8 Å². The molecule has 3 fully saturated rings. The molecule has 2 aliphatic heterocycles. The van der Waals surface area contributed by atoms with Gasteiger partial charge in [0.25, 0.3) is 0 Å². The average Bonchev–Trinajstić information content (AvgIpc) is 3.28. The smallest absolute Gasteiger partial charge is 0.229 e. The normalized spacial score (nSPS) is 21.2. The molecule has 3 N–H and O–H groups in total. The molecule has 2 saturated heterocycles. The Labute approximate surface area is 190 Å². The van der Waals surface area contributed by atoms with Gasteiger partial charge in [0.15, 0.2) is 0 Å². The summed E-state index contributed by atoms with van der Waals surface area (Å²) in [5.74, 6) is 1.31. The van der Waals surface area contributed by atoms with Crippen LogP contribution in [0.3, 0.4) is 0 Å². The summed E-state index contributed by atoms with van der Waals surface area (Å²) >= 11 is 0. The lowest BCUT2D eigenvalue weighted by molar-refractivity contribution is -0.141. The maximum Gasteiger partial charge on any atom is 0.229 e. The first-order valence-electron chi connectivity index (χ1n) is 12.0. The van der Waals surface area contributed by atoms with Crippen LogP contribution in [-0.2, 0) is 4.79 Å². The molecule has 1 amide bonds. The van der Waals surface area contributed by atoms with Crippen molar-refractivity contribution in [2.75, 3.05) is 31.5 Å². The molecule has 32 heavy (non-hydrogen) atoms. The van der Waals surface area contributed by atoms with Crippen LogP contribution >= 0.6 is 0 Å². The number of hydrogen-bond acceptors (Lipinski definition) is 5. The topological polar surface area (TPSA) is 103 Å². The lowest BCUT2D eigenvalue weighted by Gasteiger charge is -2.44. The molecule has 2 heterocycles. The molecule has 1 atom stereocenters. The van der Waals surface area contributed by atoms with Crippen molar-refractivity contribution in [1.82, 2.24) is 9.80 Å². The number of nitrogens with one attached hydrogen (secondary N) is 2. The van der Waals surface area contributed by atoms with E-state index in [0.29, 0.717) is 62.8 Å². The van der Waals surface area contributed by atoms with E-state index in [0.717, 1.165) is 11.3 Å². The van der Waals surface area contributed by atoms with Gasteiger partial charge in [-0.05, 0) is 62.3 Å². The number of carbonyl (C=O) groups excluding carboxylic acids is 1. The first-order valence-corrected chi connectivity index (χ1v) is 12.0. The van der Waals surface area contributed by atoms with Gasteiger partial charge in [0.1, 0.15) is 0 Å². The van der Waals surface area contributed by atoms with Crippen LogP contribution in [0.15, 0.2) is 18.2 Å². The van der Waals surface area contributed by atoms with Crippen molar-refractivity contribution in [2.24, 2.45) is 11.8 Å². The summed E-state index contributed by atoms with van der Waals surface area (Å²) in [6, 6.07) is 8.26. The van der Waals surface area contributed by atoms with Crippen LogP contribution < -0.4 is 5.32 Å². The van der Waals surface area contributed by atoms with E-state index < -0.39 is 0 Å². The third kappa shape index (κ3) is 5.07. The van der Waals surface area contributed by atoms with Gasteiger partial charge in [-0.25, -0.2) is 0 Å². The predicted molar refractivity (Wildman–Crippen MR) is 124 cm³/mol. The van der Waals surface area contributed by atoms with Crippen molar-refractivity contribution < 1.29 is 9.90 Å². The standard InChI is InChI=1S/C25H35N5O2/c1-17-12-21(7-6-19(17)14-26)28-23(18-4-2-3-5-18)13-24(27)30-15-20(16-30)25(32)29-10-8-22(31)9-11-29/h6-7,12,18,20,22-23,27-28,31H,2-5,8-11,13,15-16H2,1H3. The van der Waals surface area contributed by atoms with E-state index in [-0.39, 0.29) is 24.0 Å². The molecular formula is C25H35N5O2. The number of hydrogen-bond donors (Lipinski definition) is 3. The molecule has 3 aliphatic rings. The van der Waals surface area contributed by atoms with Gasteiger partial charge in [-0.15, -0.1) is 0 Å². The van der Waals surface area contributed by atoms with Crippen LogP contribution in [0.2, 0.25) is 0 Å². The Morgan fingerprint density at radius 3 is 2.53 bits per heavy atom. The maximum atomic E-state index is 12.7. The summed E-state index contributed by atoms with van der Waals surface area (Å²) in [5.41, 5.74) is 2.67. The Hall–Kier alpha value is -2.59. The third-order valence-corrected chi connectivity index (χ3v) is 7.47. The Morgan fingerprint density at radius 1 is 1.22 bits per heavy atom. The largest absolute Gasteiger partial charge is 0.393 e. The second kappa shape index (κ2) is 9.91. The number of carbonyl (C=O) groups is 1. The molecule has 0 spiro atoms. The highest BCUT2D eigenvalue weighted by Gasteiger charge is 2.38. The molecule has 172 valence electrons. The number of likely N-dealkylation sites (tertiary alicyclic amines) is 2. The number of nitriles is 1. The monoisotopic (exact) mass is 437 g/mol. The van der Waals surface area contributed by atoms with Crippen molar-refractivity contribution in [2.45, 2.75) is 64.0 Å². The Kier molecular flexibility index (Phi) is 7.00. The molecule has 4 rings (SSSR count). The van der Waals surface area contributed by atoms with E-state index >= 15 is 0 Å². The van der Waals surface area contributed by atoms with Crippen LogP contribution in [0.1, 0.15) is 56.1 Å². The highest BCUT2D eigenvalue weighted by Crippen LogP contribution is 2.32. The maximum absolute atomic E-state index is 12.7. The lowest BCUT2D eigenvalue weighted by atomic mass is 9.91. The van der Waals surface area contributed by atoms with Gasteiger partial charge >= 0.3 is 0 Å². The summed E-state index contributed by atoms with van der Waals surface area (Å²) in [5, 5.41) is 31.2. The van der Waals surface area contributed by atoms with Crippen LogP contribution in [0, 0.1) is 35.5 Å². The lowest BCUT2D eigenvalue weighted by Crippen LogP contribution is -2.58. The molecule has 0 bridgehead atoms. The van der Waals surface area contributed by atoms with Crippen LogP contribution in [0.4, 0.5) is 5.69 Å². The van der Waals surface area contributed by atoms with Crippen molar-refractivity contribution in [1.29, 1.82) is 10.7 Å². The van der Waals surface area contributed by atoms with Gasteiger partial charge in [-0.2, -0.15) is 5.26 Å². The van der Waals surface area contributed by atoms with Crippen molar-refractivity contribution in [3.63, 3.8) is 0 Å². The average molecular weight is 438 g/mol. The van der Waals surface area contributed by atoms with Crippen LogP contribution in [0.5, 0.6) is 0 Å². The molecule has 1 unspecified atom stereocenters. The van der Waals surface area contributed by atoms with E-state index in [9.17, 15) is 15.2 Å². The summed E-state index contributed by atoms with van der Waals surface area (Å²) in [6.45, 7) is 4.50. The second-order valence-corrected chi connectivity index (χ2v) is 9.75. The van der Waals surface area contributed by atoms with E-state index in [1.54, 1.807) is 0 Å². The number of amidine groups is 1. The number of piperidine rings is 1. The quantitative estimate of drug-likeness (QED) is 0.469. The van der Waals surface area contributed by atoms with Gasteiger partial charge in [0, 0.05) is 44.3 Å². The zero-order valence-corrected chi connectivity index (χ0v) is 19.0. The first kappa shape index (κ1) is 22.6. The van der Waals surface area contributed by atoms with Gasteiger partial charge in [0.05, 0.1) is 29.5 Å². The van der Waals surface area contributed by atoms with E-state index in [4.69, 9.17) is 5.41 Å². The van der Waals surface area contributed by atoms with Gasteiger partial charge < -0.3 is 20.2 Å².